The van der Waals surface area contributed by atoms with Crippen LogP contribution in [-0.2, 0) is 4.74 Å². The van der Waals surface area contributed by atoms with Gasteiger partial charge in [0.1, 0.15) is 5.76 Å². The highest BCUT2D eigenvalue weighted by molar-refractivity contribution is 9.11. The van der Waals surface area contributed by atoms with E-state index in [0.717, 1.165) is 29.7 Å². The first kappa shape index (κ1) is 27.4. The SMILES string of the molecule is CCC(C1=CC[C@@](C)(Cl)C(C(F)(F)F)=C1)/C(O)=C(Br)\C=C(\Cl)CCOC1=CC=C(Cl)CC1. The summed E-state index contributed by atoms with van der Waals surface area (Å²) in [7, 11) is 0. The second-order valence-electron chi connectivity index (χ2n) is 7.79. The Hall–Kier alpha value is -0.820. The van der Waals surface area contributed by atoms with Gasteiger partial charge in [0.25, 0.3) is 0 Å². The Morgan fingerprint density at radius 1 is 1.34 bits per heavy atom. The van der Waals surface area contributed by atoms with Crippen molar-refractivity contribution in [1.29, 1.82) is 0 Å². The van der Waals surface area contributed by atoms with Crippen molar-refractivity contribution in [3.63, 3.8) is 0 Å². The Balaban J connectivity index is 2.12. The van der Waals surface area contributed by atoms with Gasteiger partial charge in [0, 0.05) is 28.8 Å². The summed E-state index contributed by atoms with van der Waals surface area (Å²) in [4.78, 5) is -1.53. The molecule has 0 radical (unpaired) electrons. The maximum atomic E-state index is 13.5. The largest absolute Gasteiger partial charge is 0.510 e. The zero-order valence-electron chi connectivity index (χ0n) is 17.7. The number of aliphatic hydroxyl groups is 1. The van der Waals surface area contributed by atoms with Crippen molar-refractivity contribution in [2.75, 3.05) is 6.61 Å². The third kappa shape index (κ3) is 7.61. The van der Waals surface area contributed by atoms with Gasteiger partial charge in [-0.3, -0.25) is 0 Å². The van der Waals surface area contributed by atoms with Gasteiger partial charge in [-0.25, -0.2) is 0 Å². The van der Waals surface area contributed by atoms with Crippen LogP contribution in [0.25, 0.3) is 0 Å². The maximum Gasteiger partial charge on any atom is 0.414 e. The minimum atomic E-state index is -4.55. The Labute approximate surface area is 210 Å². The summed E-state index contributed by atoms with van der Waals surface area (Å²) < 4.78 is 46.4. The molecule has 0 saturated heterocycles. The summed E-state index contributed by atoms with van der Waals surface area (Å²) in [5.41, 5.74) is -0.443. The van der Waals surface area contributed by atoms with E-state index in [4.69, 9.17) is 39.5 Å². The van der Waals surface area contributed by atoms with Crippen LogP contribution >= 0.6 is 50.7 Å². The number of halogens is 7. The molecule has 32 heavy (non-hydrogen) atoms. The second kappa shape index (κ2) is 11.5. The van der Waals surface area contributed by atoms with Gasteiger partial charge < -0.3 is 9.84 Å². The van der Waals surface area contributed by atoms with E-state index in [0.29, 0.717) is 34.5 Å². The van der Waals surface area contributed by atoms with Crippen molar-refractivity contribution < 1.29 is 23.0 Å². The highest BCUT2D eigenvalue weighted by Gasteiger charge is 2.46. The summed E-state index contributed by atoms with van der Waals surface area (Å²) in [6.07, 6.45) is 5.57. The van der Waals surface area contributed by atoms with E-state index in [2.05, 4.69) is 15.9 Å². The molecule has 2 aliphatic carbocycles. The van der Waals surface area contributed by atoms with Crippen molar-refractivity contribution in [2.24, 2.45) is 5.92 Å². The van der Waals surface area contributed by atoms with Gasteiger partial charge in [-0.05, 0) is 72.0 Å². The first-order valence-corrected chi connectivity index (χ1v) is 12.1. The van der Waals surface area contributed by atoms with E-state index in [1.165, 1.54) is 6.92 Å². The molecule has 2 atom stereocenters. The monoisotopic (exact) mass is 574 g/mol. The summed E-state index contributed by atoms with van der Waals surface area (Å²) >= 11 is 21.6. The third-order valence-corrected chi connectivity index (χ3v) is 6.86. The van der Waals surface area contributed by atoms with Crippen LogP contribution in [0.4, 0.5) is 13.2 Å². The molecule has 2 rings (SSSR count). The standard InChI is InChI=1S/C23H25BrCl3F3O2/c1-3-18(14-8-10-22(2,27)20(12-14)23(28,29)30)21(31)19(24)13-16(26)9-11-32-17-6-4-15(25)5-7-17/h4,6,8,12-13,18,31H,3,5,7,9-11H2,1-2H3/b16-13+,21-19-/t18?,22-/m1/s1. The smallest absolute Gasteiger partial charge is 0.414 e. The van der Waals surface area contributed by atoms with Crippen LogP contribution in [0.3, 0.4) is 0 Å². The maximum absolute atomic E-state index is 13.5. The minimum Gasteiger partial charge on any atom is -0.510 e. The van der Waals surface area contributed by atoms with Crippen molar-refractivity contribution in [1.82, 2.24) is 0 Å². The number of rotatable bonds is 8. The van der Waals surface area contributed by atoms with Gasteiger partial charge in [-0.1, -0.05) is 36.2 Å². The second-order valence-corrected chi connectivity index (χ2v) is 10.5. The van der Waals surface area contributed by atoms with Crippen LogP contribution in [0, 0.1) is 5.92 Å². The lowest BCUT2D eigenvalue weighted by Gasteiger charge is -2.32. The van der Waals surface area contributed by atoms with E-state index in [-0.39, 0.29) is 12.2 Å². The average molecular weight is 577 g/mol. The van der Waals surface area contributed by atoms with Crippen LogP contribution in [0.2, 0.25) is 0 Å². The van der Waals surface area contributed by atoms with E-state index in [9.17, 15) is 18.3 Å². The van der Waals surface area contributed by atoms with Crippen molar-refractivity contribution in [2.45, 2.75) is 57.0 Å². The molecule has 0 aliphatic heterocycles. The molecule has 178 valence electrons. The lowest BCUT2D eigenvalue weighted by atomic mass is 9.82. The van der Waals surface area contributed by atoms with E-state index < -0.39 is 22.5 Å². The fourth-order valence-corrected chi connectivity index (χ4v) is 4.71. The highest BCUT2D eigenvalue weighted by Crippen LogP contribution is 2.45. The number of hydrogen-bond donors (Lipinski definition) is 1. The third-order valence-electron chi connectivity index (χ3n) is 5.26. The topological polar surface area (TPSA) is 29.5 Å². The van der Waals surface area contributed by atoms with Crippen LogP contribution in [0.5, 0.6) is 0 Å². The number of alkyl halides is 4. The van der Waals surface area contributed by atoms with Crippen molar-refractivity contribution in [3.8, 4) is 0 Å². The molecule has 0 aromatic rings. The molecule has 0 aromatic carbocycles. The lowest BCUT2D eigenvalue weighted by Crippen LogP contribution is -2.32. The molecule has 0 spiro atoms. The van der Waals surface area contributed by atoms with E-state index in [1.807, 2.05) is 6.08 Å². The fraction of sp³-hybridized carbons (Fsp3) is 0.478. The lowest BCUT2D eigenvalue weighted by molar-refractivity contribution is -0.0970. The quantitative estimate of drug-likeness (QED) is 0.177. The number of ether oxygens (including phenoxy) is 1. The molecule has 1 N–H and O–H groups in total. The molecule has 0 amide bonds. The van der Waals surface area contributed by atoms with E-state index >= 15 is 0 Å². The molecule has 0 saturated carbocycles. The molecule has 0 aromatic heterocycles. The molecular formula is C23H25BrCl3F3O2. The summed E-state index contributed by atoms with van der Waals surface area (Å²) in [6, 6.07) is 0. The van der Waals surface area contributed by atoms with Crippen LogP contribution < -0.4 is 0 Å². The summed E-state index contributed by atoms with van der Waals surface area (Å²) in [5.74, 6) is 0.101. The predicted molar refractivity (Wildman–Crippen MR) is 129 cm³/mol. The molecular weight excluding hydrogens is 552 g/mol. The van der Waals surface area contributed by atoms with Crippen molar-refractivity contribution in [3.05, 3.63) is 67.6 Å². The zero-order chi connectivity index (χ0) is 24.1. The van der Waals surface area contributed by atoms with Gasteiger partial charge in [0.2, 0.25) is 0 Å². The minimum absolute atomic E-state index is 0.0147. The fourth-order valence-electron chi connectivity index (χ4n) is 3.45. The highest BCUT2D eigenvalue weighted by atomic mass is 79.9. The average Bonchev–Trinajstić information content (AvgIpc) is 2.69. The summed E-state index contributed by atoms with van der Waals surface area (Å²) in [5, 5.41) is 12.0. The van der Waals surface area contributed by atoms with E-state index in [1.54, 1.807) is 25.2 Å². The molecule has 2 aliphatic rings. The number of aliphatic hydroxyl groups excluding tert-OH is 1. The number of hydrogen-bond acceptors (Lipinski definition) is 2. The van der Waals surface area contributed by atoms with Gasteiger partial charge in [-0.15, -0.1) is 11.6 Å². The normalized spacial score (nSPS) is 24.1. The Bertz CT molecular complexity index is 897. The first-order chi connectivity index (χ1) is 14.8. The molecule has 1 unspecified atom stereocenters. The van der Waals surface area contributed by atoms with Crippen molar-refractivity contribution >= 4 is 50.7 Å². The molecule has 0 bridgehead atoms. The number of allylic oxidation sites excluding steroid dienone is 10. The first-order valence-electron chi connectivity index (χ1n) is 10.2. The van der Waals surface area contributed by atoms with Crippen LogP contribution in [0.1, 0.15) is 46.0 Å². The van der Waals surface area contributed by atoms with Crippen LogP contribution in [0.15, 0.2) is 67.6 Å². The molecule has 0 heterocycles. The molecule has 0 fully saturated rings. The van der Waals surface area contributed by atoms with Gasteiger partial charge in [0.05, 0.1) is 27.3 Å². The van der Waals surface area contributed by atoms with Crippen LogP contribution in [-0.4, -0.2) is 22.8 Å². The van der Waals surface area contributed by atoms with Gasteiger partial charge in [-0.2, -0.15) is 13.2 Å². The summed E-state index contributed by atoms with van der Waals surface area (Å²) in [6.45, 7) is 3.48. The zero-order valence-corrected chi connectivity index (χ0v) is 21.6. The Morgan fingerprint density at radius 3 is 2.59 bits per heavy atom. The van der Waals surface area contributed by atoms with Gasteiger partial charge >= 0.3 is 6.18 Å². The molecule has 9 heteroatoms. The Morgan fingerprint density at radius 2 is 2.03 bits per heavy atom. The van der Waals surface area contributed by atoms with Gasteiger partial charge in [0.15, 0.2) is 0 Å². The predicted octanol–water partition coefficient (Wildman–Crippen LogP) is 9.32. The Kier molecular flexibility index (Phi) is 9.89. The molecule has 2 nitrogen and oxygen atoms in total.